The van der Waals surface area contributed by atoms with Crippen LogP contribution in [0.5, 0.6) is 0 Å². The maximum absolute atomic E-state index is 13.4. The number of benzene rings is 2. The van der Waals surface area contributed by atoms with Crippen molar-refractivity contribution in [2.24, 2.45) is 0 Å². The molecule has 1 heterocycles. The lowest BCUT2D eigenvalue weighted by molar-refractivity contribution is -0.137. The van der Waals surface area contributed by atoms with Gasteiger partial charge in [-0.15, -0.1) is 0 Å². The molecule has 0 N–H and O–H groups in total. The zero-order valence-electron chi connectivity index (χ0n) is 15.4. The van der Waals surface area contributed by atoms with Gasteiger partial charge in [0, 0.05) is 0 Å². The number of carbonyl (C=O) groups is 1. The minimum Gasteiger partial charge on any atom is -0.462 e. The molecular weight excluding hydrogens is 373 g/mol. The topological polar surface area (TPSA) is 61.2 Å². The zero-order valence-corrected chi connectivity index (χ0v) is 15.4. The Labute approximate surface area is 158 Å². The first kappa shape index (κ1) is 19.6. The lowest BCUT2D eigenvalue weighted by Gasteiger charge is -2.16. The van der Waals surface area contributed by atoms with Gasteiger partial charge in [-0.2, -0.15) is 13.2 Å². The third kappa shape index (κ3) is 3.26. The third-order valence-electron chi connectivity index (χ3n) is 4.45. The van der Waals surface area contributed by atoms with E-state index in [1.807, 2.05) is 0 Å². The van der Waals surface area contributed by atoms with Crippen LogP contribution in [-0.4, -0.2) is 22.1 Å². The minimum absolute atomic E-state index is 0.0770. The van der Waals surface area contributed by atoms with Gasteiger partial charge >= 0.3 is 12.1 Å². The first-order chi connectivity index (χ1) is 13.2. The highest BCUT2D eigenvalue weighted by Crippen LogP contribution is 2.33. The van der Waals surface area contributed by atoms with E-state index >= 15 is 0 Å². The Morgan fingerprint density at radius 3 is 2.54 bits per heavy atom. The Hall–Kier alpha value is -3.16. The Bertz CT molecular complexity index is 1130. The fourth-order valence-electron chi connectivity index (χ4n) is 3.24. The van der Waals surface area contributed by atoms with E-state index in [1.165, 1.54) is 18.2 Å². The van der Waals surface area contributed by atoms with Crippen LogP contribution in [0.4, 0.5) is 13.2 Å². The number of fused-ring (bicyclic) bond motifs is 1. The monoisotopic (exact) mass is 390 g/mol. The summed E-state index contributed by atoms with van der Waals surface area (Å²) in [6, 6.07) is 6.31. The number of ether oxygens (including phenoxy) is 1. The summed E-state index contributed by atoms with van der Waals surface area (Å²) in [5.41, 5.74) is -0.553. The molecule has 0 unspecified atom stereocenters. The van der Waals surface area contributed by atoms with Crippen molar-refractivity contribution in [3.05, 3.63) is 69.3 Å². The van der Waals surface area contributed by atoms with Crippen LogP contribution in [0, 0.1) is 13.8 Å². The molecule has 28 heavy (non-hydrogen) atoms. The van der Waals surface area contributed by atoms with Gasteiger partial charge in [0.25, 0.3) is 5.56 Å². The number of aryl methyl sites for hydroxylation is 2. The molecule has 146 valence electrons. The number of carbonyl (C=O) groups excluding carboxylic acids is 1. The number of hydrogen-bond donors (Lipinski definition) is 0. The molecule has 8 heteroatoms. The van der Waals surface area contributed by atoms with Crippen molar-refractivity contribution in [1.29, 1.82) is 0 Å². The first-order valence-electron chi connectivity index (χ1n) is 8.52. The molecule has 0 fully saturated rings. The average Bonchev–Trinajstić information content (AvgIpc) is 2.61. The SMILES string of the molecule is CCOC(=O)c1c(C)cc2ncn(-c3ccccc3C(F)(F)F)c(=O)c2c1C. The zero-order chi connectivity index (χ0) is 20.6. The van der Waals surface area contributed by atoms with Crippen LogP contribution >= 0.6 is 0 Å². The van der Waals surface area contributed by atoms with E-state index in [0.717, 1.165) is 17.0 Å². The van der Waals surface area contributed by atoms with E-state index in [4.69, 9.17) is 4.74 Å². The Morgan fingerprint density at radius 1 is 1.21 bits per heavy atom. The Balaban J connectivity index is 2.34. The van der Waals surface area contributed by atoms with Crippen LogP contribution in [-0.2, 0) is 10.9 Å². The molecule has 0 atom stereocenters. The molecule has 0 amide bonds. The molecule has 0 saturated carbocycles. The van der Waals surface area contributed by atoms with Gasteiger partial charge in [0.1, 0.15) is 6.33 Å². The summed E-state index contributed by atoms with van der Waals surface area (Å²) in [6.07, 6.45) is -3.57. The minimum atomic E-state index is -4.64. The van der Waals surface area contributed by atoms with Crippen molar-refractivity contribution >= 4 is 16.9 Å². The number of alkyl halides is 3. The molecular formula is C20H17F3N2O3. The number of esters is 1. The Kier molecular flexibility index (Phi) is 4.97. The van der Waals surface area contributed by atoms with Gasteiger partial charge in [0.05, 0.1) is 34.3 Å². The molecule has 3 rings (SSSR count). The van der Waals surface area contributed by atoms with Crippen molar-refractivity contribution in [2.75, 3.05) is 6.61 Å². The van der Waals surface area contributed by atoms with E-state index in [2.05, 4.69) is 4.98 Å². The van der Waals surface area contributed by atoms with Gasteiger partial charge in [0.15, 0.2) is 0 Å². The van der Waals surface area contributed by atoms with Crippen molar-refractivity contribution in [2.45, 2.75) is 26.9 Å². The maximum Gasteiger partial charge on any atom is 0.418 e. The second kappa shape index (κ2) is 7.10. The number of halogens is 3. The van der Waals surface area contributed by atoms with Gasteiger partial charge in [-0.1, -0.05) is 12.1 Å². The van der Waals surface area contributed by atoms with E-state index in [-0.39, 0.29) is 23.2 Å². The molecule has 2 aromatic carbocycles. The number of para-hydroxylation sites is 1. The summed E-state index contributed by atoms with van der Waals surface area (Å²) in [7, 11) is 0. The molecule has 0 radical (unpaired) electrons. The molecule has 1 aromatic heterocycles. The predicted octanol–water partition coefficient (Wildman–Crippen LogP) is 4.20. The third-order valence-corrected chi connectivity index (χ3v) is 4.45. The summed E-state index contributed by atoms with van der Waals surface area (Å²) in [5.74, 6) is -0.593. The van der Waals surface area contributed by atoms with Crippen LogP contribution < -0.4 is 5.56 Å². The fourth-order valence-corrected chi connectivity index (χ4v) is 3.24. The van der Waals surface area contributed by atoms with Crippen molar-refractivity contribution in [3.8, 4) is 5.69 Å². The van der Waals surface area contributed by atoms with Crippen LogP contribution in [0.25, 0.3) is 16.6 Å². The van der Waals surface area contributed by atoms with Gasteiger partial charge in [-0.05, 0) is 50.1 Å². The van der Waals surface area contributed by atoms with Gasteiger partial charge in [0.2, 0.25) is 0 Å². The molecule has 0 spiro atoms. The molecule has 5 nitrogen and oxygen atoms in total. The highest BCUT2D eigenvalue weighted by atomic mass is 19.4. The molecule has 0 aliphatic heterocycles. The summed E-state index contributed by atoms with van der Waals surface area (Å²) in [4.78, 5) is 29.5. The van der Waals surface area contributed by atoms with Crippen molar-refractivity contribution < 1.29 is 22.7 Å². The van der Waals surface area contributed by atoms with Gasteiger partial charge < -0.3 is 4.74 Å². The molecule has 3 aromatic rings. The summed E-state index contributed by atoms with van der Waals surface area (Å²) in [5, 5.41) is 0.0770. The van der Waals surface area contributed by atoms with Crippen molar-refractivity contribution in [1.82, 2.24) is 9.55 Å². The van der Waals surface area contributed by atoms with Crippen LogP contribution in [0.15, 0.2) is 41.5 Å². The number of rotatable bonds is 3. The lowest BCUT2D eigenvalue weighted by atomic mass is 9.98. The number of hydrogen-bond acceptors (Lipinski definition) is 4. The van der Waals surface area contributed by atoms with Gasteiger partial charge in [-0.3, -0.25) is 9.36 Å². The smallest absolute Gasteiger partial charge is 0.418 e. The summed E-state index contributed by atoms with van der Waals surface area (Å²) in [6.45, 7) is 5.06. The second-order valence-electron chi connectivity index (χ2n) is 6.24. The fraction of sp³-hybridized carbons (Fsp3) is 0.250. The molecule has 0 saturated heterocycles. The van der Waals surface area contributed by atoms with E-state index in [1.54, 1.807) is 26.8 Å². The van der Waals surface area contributed by atoms with E-state index in [0.29, 0.717) is 16.6 Å². The second-order valence-corrected chi connectivity index (χ2v) is 6.24. The Morgan fingerprint density at radius 2 is 1.89 bits per heavy atom. The molecule has 0 bridgehead atoms. The standard InChI is InChI=1S/C20H17F3N2O3/c1-4-28-19(27)16-11(2)9-14-17(12(16)3)18(26)25(10-24-14)15-8-6-5-7-13(15)20(21,22)23/h5-10H,4H2,1-3H3. The lowest BCUT2D eigenvalue weighted by Crippen LogP contribution is -2.23. The summed E-state index contributed by atoms with van der Waals surface area (Å²) >= 11 is 0. The maximum atomic E-state index is 13.4. The average molecular weight is 390 g/mol. The molecule has 0 aliphatic rings. The van der Waals surface area contributed by atoms with Gasteiger partial charge in [-0.25, -0.2) is 9.78 Å². The number of nitrogens with zero attached hydrogens (tertiary/aromatic N) is 2. The van der Waals surface area contributed by atoms with Crippen LogP contribution in [0.3, 0.4) is 0 Å². The van der Waals surface area contributed by atoms with Crippen LogP contribution in [0.2, 0.25) is 0 Å². The summed E-state index contributed by atoms with van der Waals surface area (Å²) < 4.78 is 46.0. The van der Waals surface area contributed by atoms with Crippen molar-refractivity contribution in [3.63, 3.8) is 0 Å². The number of aromatic nitrogens is 2. The quantitative estimate of drug-likeness (QED) is 0.629. The predicted molar refractivity (Wildman–Crippen MR) is 97.8 cm³/mol. The van der Waals surface area contributed by atoms with E-state index in [9.17, 15) is 22.8 Å². The van der Waals surface area contributed by atoms with E-state index < -0.39 is 23.3 Å². The normalized spacial score (nSPS) is 11.6. The first-order valence-corrected chi connectivity index (χ1v) is 8.52. The highest BCUT2D eigenvalue weighted by molar-refractivity contribution is 5.99. The van der Waals surface area contributed by atoms with Crippen LogP contribution in [0.1, 0.15) is 34.0 Å². The largest absolute Gasteiger partial charge is 0.462 e. The highest BCUT2D eigenvalue weighted by Gasteiger charge is 2.34. The molecule has 0 aliphatic carbocycles.